The van der Waals surface area contributed by atoms with E-state index in [2.05, 4.69) is 5.32 Å². The minimum atomic E-state index is -0.0616. The Morgan fingerprint density at radius 1 is 1.19 bits per heavy atom. The first kappa shape index (κ1) is 15.7. The first-order valence-corrected chi connectivity index (χ1v) is 6.24. The largest absolute Gasteiger partial charge is 0.382 e. The molecule has 0 aliphatic rings. The summed E-state index contributed by atoms with van der Waals surface area (Å²) in [6, 6.07) is 0. The van der Waals surface area contributed by atoms with E-state index >= 15 is 0 Å². The van der Waals surface area contributed by atoms with E-state index in [4.69, 9.17) is 21.1 Å². The molecule has 0 saturated heterocycles. The molecule has 0 unspecified atom stereocenters. The second-order valence-corrected chi connectivity index (χ2v) is 3.88. The molecule has 1 N–H and O–H groups in total. The normalized spacial score (nSPS) is 10.4. The molecule has 0 aliphatic heterocycles. The first-order valence-electron chi connectivity index (χ1n) is 5.70. The lowest BCUT2D eigenvalue weighted by molar-refractivity contribution is -0.126. The molecule has 16 heavy (non-hydrogen) atoms. The zero-order chi connectivity index (χ0) is 12.1. The van der Waals surface area contributed by atoms with Crippen molar-refractivity contribution in [2.75, 3.05) is 39.4 Å². The number of methoxy groups -OCH3 is 1. The molecule has 5 heteroatoms. The number of alkyl halides is 1. The molecule has 96 valence electrons. The number of halogens is 1. The van der Waals surface area contributed by atoms with E-state index in [-0.39, 0.29) is 12.5 Å². The van der Waals surface area contributed by atoms with Crippen LogP contribution in [0.4, 0.5) is 0 Å². The summed E-state index contributed by atoms with van der Waals surface area (Å²) in [4.78, 5) is 11.2. The predicted molar refractivity (Wildman–Crippen MR) is 64.9 cm³/mol. The number of carbonyl (C=O) groups excluding carboxylic acids is 1. The Kier molecular flexibility index (Phi) is 12.5. The number of amides is 1. The maximum Gasteiger partial charge on any atom is 0.245 e. The Morgan fingerprint density at radius 2 is 1.94 bits per heavy atom. The van der Waals surface area contributed by atoms with Gasteiger partial charge in [0.05, 0.1) is 13.2 Å². The lowest BCUT2D eigenvalue weighted by Gasteiger charge is -2.05. The van der Waals surface area contributed by atoms with Crippen LogP contribution in [0.3, 0.4) is 0 Å². The minimum absolute atomic E-state index is 0.0616. The number of unbranched alkanes of at least 4 members (excludes halogenated alkanes) is 3. The maximum absolute atomic E-state index is 11.2. The van der Waals surface area contributed by atoms with Crippen LogP contribution in [0.5, 0.6) is 0 Å². The Bertz CT molecular complexity index is 167. The van der Waals surface area contributed by atoms with Crippen LogP contribution in [0.2, 0.25) is 0 Å². The molecule has 1 amide bonds. The molecule has 0 heterocycles. The maximum atomic E-state index is 11.2. The van der Waals surface area contributed by atoms with Gasteiger partial charge in [0, 0.05) is 19.5 Å². The number of carbonyl (C=O) groups is 1. The van der Waals surface area contributed by atoms with Crippen LogP contribution >= 0.6 is 11.6 Å². The van der Waals surface area contributed by atoms with E-state index in [1.165, 1.54) is 0 Å². The second-order valence-electron chi connectivity index (χ2n) is 3.50. The van der Waals surface area contributed by atoms with Crippen LogP contribution < -0.4 is 5.32 Å². The third-order valence-electron chi connectivity index (χ3n) is 2.05. The van der Waals surface area contributed by atoms with Crippen molar-refractivity contribution in [1.29, 1.82) is 0 Å². The fraction of sp³-hybridized carbons (Fsp3) is 0.909. The van der Waals surface area contributed by atoms with Crippen molar-refractivity contribution in [3.8, 4) is 0 Å². The van der Waals surface area contributed by atoms with Crippen molar-refractivity contribution in [2.45, 2.75) is 25.7 Å². The van der Waals surface area contributed by atoms with Crippen molar-refractivity contribution in [2.24, 2.45) is 0 Å². The lowest BCUT2D eigenvalue weighted by atomic mass is 10.2. The van der Waals surface area contributed by atoms with E-state index in [0.29, 0.717) is 13.2 Å². The van der Waals surface area contributed by atoms with Crippen molar-refractivity contribution in [3.63, 3.8) is 0 Å². The first-order chi connectivity index (χ1) is 7.81. The summed E-state index contributed by atoms with van der Waals surface area (Å²) in [6.07, 6.45) is 4.29. The van der Waals surface area contributed by atoms with Crippen LogP contribution in [0.1, 0.15) is 25.7 Å². The molecule has 0 rings (SSSR count). The quantitative estimate of drug-likeness (QED) is 0.448. The van der Waals surface area contributed by atoms with Crippen LogP contribution in [0.25, 0.3) is 0 Å². The molecule has 4 nitrogen and oxygen atoms in total. The monoisotopic (exact) mass is 251 g/mol. The summed E-state index contributed by atoms with van der Waals surface area (Å²) < 4.78 is 9.87. The highest BCUT2D eigenvalue weighted by Crippen LogP contribution is 1.99. The van der Waals surface area contributed by atoms with Gasteiger partial charge in [0.15, 0.2) is 0 Å². The molecule has 0 aromatic carbocycles. The van der Waals surface area contributed by atoms with Crippen LogP contribution in [0, 0.1) is 0 Å². The minimum Gasteiger partial charge on any atom is -0.382 e. The van der Waals surface area contributed by atoms with Crippen LogP contribution in [-0.4, -0.2) is 45.3 Å². The standard InChI is InChI=1S/C11H22ClNO3/c1-15-8-9-16-10-11(14)13-7-5-3-2-4-6-12/h2-10H2,1H3,(H,13,14). The van der Waals surface area contributed by atoms with E-state index in [1.807, 2.05) is 0 Å². The Hall–Kier alpha value is -0.320. The molecule has 0 fully saturated rings. The second kappa shape index (κ2) is 12.7. The van der Waals surface area contributed by atoms with Gasteiger partial charge in [-0.3, -0.25) is 4.79 Å². The summed E-state index contributed by atoms with van der Waals surface area (Å²) in [5.41, 5.74) is 0. The van der Waals surface area contributed by atoms with Gasteiger partial charge in [-0.05, 0) is 12.8 Å². The third-order valence-corrected chi connectivity index (χ3v) is 2.31. The topological polar surface area (TPSA) is 47.6 Å². The van der Waals surface area contributed by atoms with Gasteiger partial charge in [0.1, 0.15) is 6.61 Å². The summed E-state index contributed by atoms with van der Waals surface area (Å²) in [7, 11) is 1.60. The Morgan fingerprint density at radius 3 is 2.62 bits per heavy atom. The van der Waals surface area contributed by atoms with Crippen molar-refractivity contribution in [1.82, 2.24) is 5.32 Å². The molecule has 0 aliphatic carbocycles. The van der Waals surface area contributed by atoms with E-state index in [1.54, 1.807) is 7.11 Å². The molecule has 0 radical (unpaired) electrons. The molecule has 0 spiro atoms. The van der Waals surface area contributed by atoms with Gasteiger partial charge in [-0.2, -0.15) is 0 Å². The van der Waals surface area contributed by atoms with Gasteiger partial charge in [-0.1, -0.05) is 12.8 Å². The highest BCUT2D eigenvalue weighted by atomic mass is 35.5. The smallest absolute Gasteiger partial charge is 0.245 e. The zero-order valence-corrected chi connectivity index (χ0v) is 10.7. The van der Waals surface area contributed by atoms with Gasteiger partial charge in [-0.15, -0.1) is 11.6 Å². The molecule has 0 bridgehead atoms. The van der Waals surface area contributed by atoms with E-state index in [0.717, 1.165) is 38.1 Å². The highest BCUT2D eigenvalue weighted by Gasteiger charge is 1.99. The van der Waals surface area contributed by atoms with Gasteiger partial charge in [-0.25, -0.2) is 0 Å². The number of ether oxygens (including phenoxy) is 2. The van der Waals surface area contributed by atoms with Crippen molar-refractivity contribution < 1.29 is 14.3 Å². The third kappa shape index (κ3) is 11.8. The lowest BCUT2D eigenvalue weighted by Crippen LogP contribution is -2.29. The average molecular weight is 252 g/mol. The van der Waals surface area contributed by atoms with Crippen molar-refractivity contribution in [3.05, 3.63) is 0 Å². The van der Waals surface area contributed by atoms with Crippen LogP contribution in [-0.2, 0) is 14.3 Å². The molecular formula is C11H22ClNO3. The van der Waals surface area contributed by atoms with E-state index in [9.17, 15) is 4.79 Å². The van der Waals surface area contributed by atoms with E-state index < -0.39 is 0 Å². The number of hydrogen-bond acceptors (Lipinski definition) is 3. The van der Waals surface area contributed by atoms with Crippen molar-refractivity contribution >= 4 is 17.5 Å². The molecule has 0 aromatic rings. The fourth-order valence-corrected chi connectivity index (χ4v) is 1.35. The summed E-state index contributed by atoms with van der Waals surface area (Å²) in [5, 5.41) is 2.80. The molecule has 0 atom stereocenters. The zero-order valence-electron chi connectivity index (χ0n) is 9.97. The average Bonchev–Trinajstić information content (AvgIpc) is 2.29. The Labute approximate surface area is 103 Å². The molecular weight excluding hydrogens is 230 g/mol. The SMILES string of the molecule is COCCOCC(=O)NCCCCCCCl. The molecule has 0 saturated carbocycles. The number of hydrogen-bond donors (Lipinski definition) is 1. The van der Waals surface area contributed by atoms with Gasteiger partial charge in [0.25, 0.3) is 0 Å². The summed E-state index contributed by atoms with van der Waals surface area (Å²) in [5.74, 6) is 0.660. The Balaban J connectivity index is 3.11. The summed E-state index contributed by atoms with van der Waals surface area (Å²) >= 11 is 5.55. The van der Waals surface area contributed by atoms with Crippen LogP contribution in [0.15, 0.2) is 0 Å². The van der Waals surface area contributed by atoms with Gasteiger partial charge >= 0.3 is 0 Å². The highest BCUT2D eigenvalue weighted by molar-refractivity contribution is 6.17. The van der Waals surface area contributed by atoms with Gasteiger partial charge in [0.2, 0.25) is 5.91 Å². The van der Waals surface area contributed by atoms with Gasteiger partial charge < -0.3 is 14.8 Å². The summed E-state index contributed by atoms with van der Waals surface area (Å²) in [6.45, 7) is 1.81. The predicted octanol–water partition coefficient (Wildman–Crippen LogP) is 1.56. The number of rotatable bonds is 11. The molecule has 0 aromatic heterocycles. The number of nitrogens with one attached hydrogen (secondary N) is 1. The fourth-order valence-electron chi connectivity index (χ4n) is 1.16.